The summed E-state index contributed by atoms with van der Waals surface area (Å²) in [5.41, 5.74) is 6.66. The van der Waals surface area contributed by atoms with Gasteiger partial charge in [0.2, 0.25) is 0 Å². The molecule has 7 nitrogen and oxygen atoms in total. The van der Waals surface area contributed by atoms with Crippen LogP contribution in [-0.2, 0) is 6.42 Å². The summed E-state index contributed by atoms with van der Waals surface area (Å²) in [5, 5.41) is 15.5. The monoisotopic (exact) mass is 220 g/mol. The van der Waals surface area contributed by atoms with Gasteiger partial charge in [0.05, 0.1) is 6.20 Å². The summed E-state index contributed by atoms with van der Waals surface area (Å²) in [6.45, 7) is 1.98. The fourth-order valence-corrected chi connectivity index (χ4v) is 1.32. The van der Waals surface area contributed by atoms with Crippen LogP contribution in [0.4, 0.5) is 11.6 Å². The molecule has 0 saturated carbocycles. The lowest BCUT2D eigenvalue weighted by Crippen LogP contribution is -2.13. The quantitative estimate of drug-likeness (QED) is 0.604. The summed E-state index contributed by atoms with van der Waals surface area (Å²) >= 11 is 0. The number of rotatable bonds is 3. The molecule has 2 aromatic heterocycles. The number of nitrogens with two attached hydrogens (primary N) is 1. The number of nitrogens with zero attached hydrogens (tertiary/aromatic N) is 2. The van der Waals surface area contributed by atoms with Gasteiger partial charge >= 0.3 is 0 Å². The molecular formula is C9H12N6O. The number of nitrogens with one attached hydrogen (secondary N) is 3. The predicted molar refractivity (Wildman–Crippen MR) is 58.9 cm³/mol. The third kappa shape index (κ3) is 1.88. The molecule has 84 valence electrons. The molecule has 2 rings (SSSR count). The smallest absolute Gasteiger partial charge is 0.274 e. The fourth-order valence-electron chi connectivity index (χ4n) is 1.32. The lowest BCUT2D eigenvalue weighted by atomic mass is 10.2. The maximum absolute atomic E-state index is 11.7. The Balaban J connectivity index is 2.13. The van der Waals surface area contributed by atoms with Crippen LogP contribution in [0.2, 0.25) is 0 Å². The lowest BCUT2D eigenvalue weighted by molar-refractivity contribution is 0.102. The number of aromatic nitrogens is 4. The van der Waals surface area contributed by atoms with E-state index in [0.717, 1.165) is 12.0 Å². The van der Waals surface area contributed by atoms with Gasteiger partial charge in [-0.2, -0.15) is 10.2 Å². The third-order valence-corrected chi connectivity index (χ3v) is 2.18. The van der Waals surface area contributed by atoms with Gasteiger partial charge in [0.15, 0.2) is 0 Å². The summed E-state index contributed by atoms with van der Waals surface area (Å²) < 4.78 is 0. The third-order valence-electron chi connectivity index (χ3n) is 2.18. The minimum atomic E-state index is -0.303. The minimum Gasteiger partial charge on any atom is -0.382 e. The van der Waals surface area contributed by atoms with E-state index in [2.05, 4.69) is 25.7 Å². The zero-order valence-electron chi connectivity index (χ0n) is 8.74. The first-order chi connectivity index (χ1) is 7.70. The summed E-state index contributed by atoms with van der Waals surface area (Å²) in [4.78, 5) is 11.7. The number of aryl methyl sites for hydroxylation is 1. The summed E-state index contributed by atoms with van der Waals surface area (Å²) in [6.07, 6.45) is 2.47. The first-order valence-electron chi connectivity index (χ1n) is 4.85. The number of nitrogen functional groups attached to an aromatic ring is 1. The topological polar surface area (TPSA) is 112 Å². The van der Waals surface area contributed by atoms with Crippen molar-refractivity contribution in [2.24, 2.45) is 0 Å². The number of H-pyrrole nitrogens is 2. The predicted octanol–water partition coefficient (Wildman–Crippen LogP) is 0.530. The molecule has 5 N–H and O–H groups in total. The second-order valence-electron chi connectivity index (χ2n) is 3.28. The van der Waals surface area contributed by atoms with Crippen molar-refractivity contribution in [1.82, 2.24) is 20.4 Å². The van der Waals surface area contributed by atoms with Gasteiger partial charge < -0.3 is 11.1 Å². The van der Waals surface area contributed by atoms with Crippen LogP contribution in [0, 0.1) is 0 Å². The Morgan fingerprint density at radius 1 is 1.56 bits per heavy atom. The zero-order chi connectivity index (χ0) is 11.5. The average Bonchev–Trinajstić information content (AvgIpc) is 2.86. The molecule has 0 bridgehead atoms. The molecule has 0 aliphatic rings. The van der Waals surface area contributed by atoms with Gasteiger partial charge in [-0.15, -0.1) is 0 Å². The van der Waals surface area contributed by atoms with Crippen molar-refractivity contribution in [2.75, 3.05) is 11.1 Å². The van der Waals surface area contributed by atoms with E-state index in [9.17, 15) is 4.79 Å². The van der Waals surface area contributed by atoms with Crippen LogP contribution in [0.15, 0.2) is 12.3 Å². The van der Waals surface area contributed by atoms with Gasteiger partial charge in [0.1, 0.15) is 17.3 Å². The molecule has 2 heterocycles. The Morgan fingerprint density at radius 2 is 2.38 bits per heavy atom. The molecule has 0 aliphatic carbocycles. The highest BCUT2D eigenvalue weighted by Crippen LogP contribution is 2.12. The lowest BCUT2D eigenvalue weighted by Gasteiger charge is -2.01. The molecule has 0 radical (unpaired) electrons. The van der Waals surface area contributed by atoms with E-state index in [1.165, 1.54) is 6.07 Å². The number of carbonyl (C=O) groups excluding carboxylic acids is 1. The molecule has 7 heteroatoms. The standard InChI is InChI=1S/C9H12N6O/c1-2-5-4-11-15-8(5)12-9(16)6-3-7(10)14-13-6/h3-4H,2H2,1H3,(H3,10,13,14)(H2,11,12,15,16). The van der Waals surface area contributed by atoms with Crippen molar-refractivity contribution in [2.45, 2.75) is 13.3 Å². The van der Waals surface area contributed by atoms with Gasteiger partial charge in [-0.05, 0) is 6.42 Å². The molecule has 0 aliphatic heterocycles. The number of hydrogen-bond acceptors (Lipinski definition) is 4. The number of aromatic amines is 2. The van der Waals surface area contributed by atoms with E-state index in [1.807, 2.05) is 6.92 Å². The van der Waals surface area contributed by atoms with Crippen molar-refractivity contribution in [3.8, 4) is 0 Å². The molecular weight excluding hydrogens is 208 g/mol. The van der Waals surface area contributed by atoms with E-state index in [0.29, 0.717) is 11.5 Å². The molecule has 1 amide bonds. The van der Waals surface area contributed by atoms with Crippen LogP contribution >= 0.6 is 0 Å². The highest BCUT2D eigenvalue weighted by atomic mass is 16.2. The molecule has 0 spiro atoms. The Kier molecular flexibility index (Phi) is 2.59. The fraction of sp³-hybridized carbons (Fsp3) is 0.222. The van der Waals surface area contributed by atoms with Crippen LogP contribution in [0.3, 0.4) is 0 Å². The molecule has 2 aromatic rings. The Morgan fingerprint density at radius 3 is 3.00 bits per heavy atom. The molecule has 0 unspecified atom stereocenters. The zero-order valence-corrected chi connectivity index (χ0v) is 8.74. The van der Waals surface area contributed by atoms with E-state index < -0.39 is 0 Å². The van der Waals surface area contributed by atoms with E-state index in [-0.39, 0.29) is 11.7 Å². The van der Waals surface area contributed by atoms with Gasteiger partial charge in [0.25, 0.3) is 5.91 Å². The highest BCUT2D eigenvalue weighted by Gasteiger charge is 2.11. The number of amides is 1. The minimum absolute atomic E-state index is 0.283. The van der Waals surface area contributed by atoms with Gasteiger partial charge in [0, 0.05) is 11.6 Å². The van der Waals surface area contributed by atoms with Crippen molar-refractivity contribution >= 4 is 17.5 Å². The second-order valence-corrected chi connectivity index (χ2v) is 3.28. The molecule has 0 saturated heterocycles. The highest BCUT2D eigenvalue weighted by molar-refractivity contribution is 6.03. The van der Waals surface area contributed by atoms with Crippen molar-refractivity contribution in [3.63, 3.8) is 0 Å². The van der Waals surface area contributed by atoms with Crippen LogP contribution in [0.5, 0.6) is 0 Å². The normalized spacial score (nSPS) is 10.3. The Labute approximate surface area is 91.4 Å². The molecule has 0 fully saturated rings. The number of anilines is 2. The SMILES string of the molecule is CCc1cn[nH]c1NC(=O)c1cc(N)n[nH]1. The Hall–Kier alpha value is -2.31. The average molecular weight is 220 g/mol. The van der Waals surface area contributed by atoms with Gasteiger partial charge in [-0.25, -0.2) is 0 Å². The maximum Gasteiger partial charge on any atom is 0.274 e. The van der Waals surface area contributed by atoms with Crippen molar-refractivity contribution < 1.29 is 4.79 Å². The summed E-state index contributed by atoms with van der Waals surface area (Å²) in [5.74, 6) is 0.578. The molecule has 16 heavy (non-hydrogen) atoms. The second kappa shape index (κ2) is 4.05. The van der Waals surface area contributed by atoms with E-state index in [1.54, 1.807) is 6.20 Å². The van der Waals surface area contributed by atoms with Crippen molar-refractivity contribution in [1.29, 1.82) is 0 Å². The summed E-state index contributed by atoms with van der Waals surface area (Å²) in [7, 11) is 0. The van der Waals surface area contributed by atoms with E-state index >= 15 is 0 Å². The molecule has 0 aromatic carbocycles. The van der Waals surface area contributed by atoms with E-state index in [4.69, 9.17) is 5.73 Å². The first-order valence-corrected chi connectivity index (χ1v) is 4.85. The largest absolute Gasteiger partial charge is 0.382 e. The first kappa shape index (κ1) is 10.2. The Bertz CT molecular complexity index is 500. The maximum atomic E-state index is 11.7. The van der Waals surface area contributed by atoms with Crippen LogP contribution in [-0.4, -0.2) is 26.3 Å². The van der Waals surface area contributed by atoms with Gasteiger partial charge in [-0.3, -0.25) is 15.0 Å². The van der Waals surface area contributed by atoms with Crippen LogP contribution in [0.25, 0.3) is 0 Å². The van der Waals surface area contributed by atoms with Gasteiger partial charge in [-0.1, -0.05) is 6.92 Å². The summed E-state index contributed by atoms with van der Waals surface area (Å²) in [6, 6.07) is 1.47. The van der Waals surface area contributed by atoms with Crippen molar-refractivity contribution in [3.05, 3.63) is 23.5 Å². The van der Waals surface area contributed by atoms with Crippen LogP contribution in [0.1, 0.15) is 23.0 Å². The van der Waals surface area contributed by atoms with Crippen LogP contribution < -0.4 is 11.1 Å². The number of carbonyl (C=O) groups is 1. The molecule has 0 atom stereocenters. The number of hydrogen-bond donors (Lipinski definition) is 4.